The maximum Gasteiger partial charge on any atom is 0.303 e. The first-order valence-electron chi connectivity index (χ1n) is 6.05. The lowest BCUT2D eigenvalue weighted by molar-refractivity contribution is -0.137. The van der Waals surface area contributed by atoms with E-state index in [-0.39, 0.29) is 18.4 Å². The summed E-state index contributed by atoms with van der Waals surface area (Å²) in [5, 5.41) is 11.3. The SMILES string of the molecule is CC(Cn1ccnc1)NC(=O)CCCCC(=O)O. The molecule has 1 heterocycles. The minimum absolute atomic E-state index is 0.0335. The molecule has 2 N–H and O–H groups in total. The van der Waals surface area contributed by atoms with Crippen LogP contribution in [0.3, 0.4) is 0 Å². The molecule has 6 nitrogen and oxygen atoms in total. The maximum absolute atomic E-state index is 11.5. The van der Waals surface area contributed by atoms with Crippen molar-refractivity contribution in [2.24, 2.45) is 0 Å². The third-order valence-electron chi connectivity index (χ3n) is 2.50. The molecule has 0 radical (unpaired) electrons. The summed E-state index contributed by atoms with van der Waals surface area (Å²) in [4.78, 5) is 25.8. The lowest BCUT2D eigenvalue weighted by atomic mass is 10.2. The fourth-order valence-electron chi connectivity index (χ4n) is 1.67. The standard InChI is InChI=1S/C12H19N3O3/c1-10(8-15-7-6-13-9-15)14-11(16)4-2-3-5-12(17)18/h6-7,9-10H,2-5,8H2,1H3,(H,14,16)(H,17,18). The molecule has 1 aromatic heterocycles. The van der Waals surface area contributed by atoms with E-state index < -0.39 is 5.97 Å². The Balaban J connectivity index is 2.13. The Hall–Kier alpha value is -1.85. The molecule has 0 aliphatic heterocycles. The summed E-state index contributed by atoms with van der Waals surface area (Å²) < 4.78 is 1.90. The van der Waals surface area contributed by atoms with Crippen molar-refractivity contribution in [2.75, 3.05) is 0 Å². The molecular formula is C12H19N3O3. The second kappa shape index (κ2) is 7.47. The number of aliphatic carboxylic acids is 1. The fourth-order valence-corrected chi connectivity index (χ4v) is 1.67. The van der Waals surface area contributed by atoms with Gasteiger partial charge in [-0.05, 0) is 19.8 Å². The first-order valence-corrected chi connectivity index (χ1v) is 6.05. The van der Waals surface area contributed by atoms with Crippen LogP contribution in [0.4, 0.5) is 0 Å². The molecule has 6 heteroatoms. The highest BCUT2D eigenvalue weighted by atomic mass is 16.4. The van der Waals surface area contributed by atoms with Gasteiger partial charge < -0.3 is 15.0 Å². The number of nitrogens with one attached hydrogen (secondary N) is 1. The smallest absolute Gasteiger partial charge is 0.303 e. The van der Waals surface area contributed by atoms with Crippen molar-refractivity contribution in [2.45, 2.75) is 45.2 Å². The predicted octanol–water partition coefficient (Wildman–Crippen LogP) is 1.03. The number of aromatic nitrogens is 2. The largest absolute Gasteiger partial charge is 0.481 e. The molecular weight excluding hydrogens is 234 g/mol. The Kier molecular flexibility index (Phi) is 5.90. The summed E-state index contributed by atoms with van der Waals surface area (Å²) in [5.74, 6) is -0.850. The Morgan fingerprint density at radius 3 is 2.72 bits per heavy atom. The van der Waals surface area contributed by atoms with E-state index in [9.17, 15) is 9.59 Å². The van der Waals surface area contributed by atoms with Crippen molar-refractivity contribution in [3.05, 3.63) is 18.7 Å². The molecule has 0 saturated carbocycles. The zero-order chi connectivity index (χ0) is 13.4. The Morgan fingerprint density at radius 1 is 1.39 bits per heavy atom. The zero-order valence-corrected chi connectivity index (χ0v) is 10.5. The number of unbranched alkanes of at least 4 members (excludes halogenated alkanes) is 1. The first kappa shape index (κ1) is 14.2. The number of hydrogen-bond donors (Lipinski definition) is 2. The maximum atomic E-state index is 11.5. The van der Waals surface area contributed by atoms with E-state index in [1.165, 1.54) is 0 Å². The molecule has 1 aromatic rings. The van der Waals surface area contributed by atoms with Gasteiger partial charge in [-0.2, -0.15) is 0 Å². The van der Waals surface area contributed by atoms with Crippen LogP contribution >= 0.6 is 0 Å². The number of carbonyl (C=O) groups excluding carboxylic acids is 1. The third kappa shape index (κ3) is 6.03. The van der Waals surface area contributed by atoms with Crippen molar-refractivity contribution in [3.63, 3.8) is 0 Å². The van der Waals surface area contributed by atoms with E-state index >= 15 is 0 Å². The van der Waals surface area contributed by atoms with E-state index in [1.54, 1.807) is 12.5 Å². The van der Waals surface area contributed by atoms with E-state index in [0.29, 0.717) is 25.8 Å². The normalized spacial score (nSPS) is 12.1. The topological polar surface area (TPSA) is 84.2 Å². The molecule has 100 valence electrons. The molecule has 0 aliphatic rings. The number of carboxylic acids is 1. The van der Waals surface area contributed by atoms with E-state index in [0.717, 1.165) is 0 Å². The van der Waals surface area contributed by atoms with Gasteiger partial charge in [-0.25, -0.2) is 4.98 Å². The summed E-state index contributed by atoms with van der Waals surface area (Å²) >= 11 is 0. The van der Waals surface area contributed by atoms with Crippen molar-refractivity contribution in [3.8, 4) is 0 Å². The highest BCUT2D eigenvalue weighted by molar-refractivity contribution is 5.76. The summed E-state index contributed by atoms with van der Waals surface area (Å²) in [6, 6.07) is 0.0335. The van der Waals surface area contributed by atoms with Crippen molar-refractivity contribution in [1.82, 2.24) is 14.9 Å². The van der Waals surface area contributed by atoms with Gasteiger partial charge in [0.25, 0.3) is 0 Å². The van der Waals surface area contributed by atoms with E-state index in [1.807, 2.05) is 17.7 Å². The van der Waals surface area contributed by atoms with Crippen molar-refractivity contribution in [1.29, 1.82) is 0 Å². The van der Waals surface area contributed by atoms with Crippen LogP contribution in [0.1, 0.15) is 32.6 Å². The van der Waals surface area contributed by atoms with Crippen LogP contribution < -0.4 is 5.32 Å². The van der Waals surface area contributed by atoms with E-state index in [4.69, 9.17) is 5.11 Å². The number of nitrogens with zero attached hydrogens (tertiary/aromatic N) is 2. The van der Waals surface area contributed by atoms with Crippen molar-refractivity contribution < 1.29 is 14.7 Å². The number of hydrogen-bond acceptors (Lipinski definition) is 3. The van der Waals surface area contributed by atoms with Gasteiger partial charge in [-0.1, -0.05) is 0 Å². The lowest BCUT2D eigenvalue weighted by Gasteiger charge is -2.14. The number of imidazole rings is 1. The van der Waals surface area contributed by atoms with Gasteiger partial charge in [0.2, 0.25) is 5.91 Å². The molecule has 1 atom stereocenters. The molecule has 1 unspecified atom stereocenters. The summed E-state index contributed by atoms with van der Waals surface area (Å²) in [5.41, 5.74) is 0. The van der Waals surface area contributed by atoms with E-state index in [2.05, 4.69) is 10.3 Å². The molecule has 1 amide bonds. The average molecular weight is 253 g/mol. The number of carbonyl (C=O) groups is 2. The van der Waals surface area contributed by atoms with Crippen molar-refractivity contribution >= 4 is 11.9 Å². The number of amides is 1. The summed E-state index contributed by atoms with van der Waals surface area (Å²) in [6.45, 7) is 2.61. The van der Waals surface area contributed by atoms with Gasteiger partial charge in [-0.15, -0.1) is 0 Å². The monoisotopic (exact) mass is 253 g/mol. The zero-order valence-electron chi connectivity index (χ0n) is 10.5. The van der Waals surface area contributed by atoms with Crippen LogP contribution in [0.2, 0.25) is 0 Å². The fraction of sp³-hybridized carbons (Fsp3) is 0.583. The molecule has 0 fully saturated rings. The molecule has 18 heavy (non-hydrogen) atoms. The summed E-state index contributed by atoms with van der Waals surface area (Å²) in [7, 11) is 0. The van der Waals surface area contributed by atoms with Gasteiger partial charge in [0.05, 0.1) is 6.33 Å². The third-order valence-corrected chi connectivity index (χ3v) is 2.50. The Bertz CT molecular complexity index is 376. The molecule has 1 rings (SSSR count). The van der Waals surface area contributed by atoms with Crippen LogP contribution in [0.5, 0.6) is 0 Å². The molecule has 0 bridgehead atoms. The second-order valence-electron chi connectivity index (χ2n) is 4.33. The number of rotatable bonds is 8. The van der Waals surface area contributed by atoms with Crippen LogP contribution in [-0.4, -0.2) is 32.6 Å². The molecule has 0 spiro atoms. The summed E-state index contributed by atoms with van der Waals surface area (Å²) in [6.07, 6.45) is 6.89. The van der Waals surface area contributed by atoms with Gasteiger partial charge in [0.15, 0.2) is 0 Å². The van der Waals surface area contributed by atoms with Gasteiger partial charge in [0.1, 0.15) is 0 Å². The van der Waals surface area contributed by atoms with Crippen LogP contribution in [-0.2, 0) is 16.1 Å². The second-order valence-corrected chi connectivity index (χ2v) is 4.33. The highest BCUT2D eigenvalue weighted by Gasteiger charge is 2.08. The van der Waals surface area contributed by atoms with Crippen LogP contribution in [0.25, 0.3) is 0 Å². The average Bonchev–Trinajstić information content (AvgIpc) is 2.76. The van der Waals surface area contributed by atoms with Crippen LogP contribution in [0.15, 0.2) is 18.7 Å². The lowest BCUT2D eigenvalue weighted by Crippen LogP contribution is -2.35. The van der Waals surface area contributed by atoms with Gasteiger partial charge in [0, 0.05) is 37.8 Å². The van der Waals surface area contributed by atoms with Gasteiger partial charge in [-0.3, -0.25) is 9.59 Å². The quantitative estimate of drug-likeness (QED) is 0.678. The first-order chi connectivity index (χ1) is 8.58. The number of carboxylic acid groups (broad SMARTS) is 1. The Morgan fingerprint density at radius 2 is 2.11 bits per heavy atom. The predicted molar refractivity (Wildman–Crippen MR) is 65.9 cm³/mol. The molecule has 0 saturated heterocycles. The minimum atomic E-state index is -0.816. The Labute approximate surface area is 106 Å². The van der Waals surface area contributed by atoms with Crippen LogP contribution in [0, 0.1) is 0 Å². The molecule has 0 aliphatic carbocycles. The van der Waals surface area contributed by atoms with Gasteiger partial charge >= 0.3 is 5.97 Å². The highest BCUT2D eigenvalue weighted by Crippen LogP contribution is 2.00. The molecule has 0 aromatic carbocycles. The minimum Gasteiger partial charge on any atom is -0.481 e.